The van der Waals surface area contributed by atoms with Crippen LogP contribution in [0, 0.1) is 13.8 Å². The van der Waals surface area contributed by atoms with Crippen LogP contribution in [0.2, 0.25) is 0 Å². The van der Waals surface area contributed by atoms with Crippen molar-refractivity contribution < 1.29 is 9.53 Å². The highest BCUT2D eigenvalue weighted by Crippen LogP contribution is 2.15. The van der Waals surface area contributed by atoms with Crippen LogP contribution in [-0.4, -0.2) is 45.2 Å². The molecule has 2 aromatic heterocycles. The van der Waals surface area contributed by atoms with Crippen LogP contribution >= 0.6 is 0 Å². The Morgan fingerprint density at radius 1 is 1.10 bits per heavy atom. The van der Waals surface area contributed by atoms with Gasteiger partial charge in [-0.3, -0.25) is 4.57 Å². The molecule has 0 aliphatic rings. The summed E-state index contributed by atoms with van der Waals surface area (Å²) in [6.45, 7) is 7.44. The first-order valence-electron chi connectivity index (χ1n) is 9.41. The molecule has 0 atom stereocenters. The number of amides is 2. The van der Waals surface area contributed by atoms with Crippen molar-refractivity contribution in [3.63, 3.8) is 0 Å². The average Bonchev–Trinajstić information content (AvgIpc) is 3.06. The summed E-state index contributed by atoms with van der Waals surface area (Å²) in [5, 5.41) is 8.76. The summed E-state index contributed by atoms with van der Waals surface area (Å²) in [5.74, 6) is 2.18. The number of urea groups is 1. The number of hydrogen-bond donors (Lipinski definition) is 3. The van der Waals surface area contributed by atoms with Gasteiger partial charge in [0, 0.05) is 30.5 Å². The highest BCUT2D eigenvalue weighted by molar-refractivity contribution is 5.89. The highest BCUT2D eigenvalue weighted by Gasteiger charge is 2.07. The van der Waals surface area contributed by atoms with E-state index >= 15 is 0 Å². The molecule has 9 nitrogen and oxygen atoms in total. The number of carbonyl (C=O) groups is 1. The Labute approximate surface area is 169 Å². The molecule has 0 spiro atoms. The van der Waals surface area contributed by atoms with Crippen LogP contribution in [0.15, 0.2) is 43.0 Å². The molecule has 0 aliphatic carbocycles. The molecule has 0 saturated heterocycles. The molecule has 3 aromatic rings. The third-order valence-electron chi connectivity index (χ3n) is 4.29. The van der Waals surface area contributed by atoms with Crippen molar-refractivity contribution in [3.8, 4) is 11.6 Å². The molecule has 152 valence electrons. The minimum atomic E-state index is -0.274. The van der Waals surface area contributed by atoms with Gasteiger partial charge in [0.15, 0.2) is 0 Å². The van der Waals surface area contributed by atoms with E-state index in [0.717, 1.165) is 23.0 Å². The predicted octanol–water partition coefficient (Wildman–Crippen LogP) is 2.91. The molecule has 29 heavy (non-hydrogen) atoms. The third kappa shape index (κ3) is 5.44. The number of aromatic nitrogens is 4. The standard InChI is InChI=1S/C20H25N7O2/c1-4-29-17-7-5-16(6-8-17)26-20(28)22-10-9-21-18-11-19(24-12-23-18)27-13-25-14(2)15(27)3/h5-8,11-13H,4,9-10H2,1-3H3,(H,21,23,24)(H2,22,26,28). The van der Waals surface area contributed by atoms with Crippen LogP contribution in [0.5, 0.6) is 5.75 Å². The van der Waals surface area contributed by atoms with Crippen molar-refractivity contribution in [2.75, 3.05) is 30.3 Å². The van der Waals surface area contributed by atoms with E-state index in [1.807, 2.05) is 43.5 Å². The molecule has 0 saturated carbocycles. The average molecular weight is 395 g/mol. The van der Waals surface area contributed by atoms with Crippen LogP contribution in [-0.2, 0) is 0 Å². The lowest BCUT2D eigenvalue weighted by atomic mass is 10.3. The zero-order valence-electron chi connectivity index (χ0n) is 16.8. The first-order valence-corrected chi connectivity index (χ1v) is 9.41. The summed E-state index contributed by atoms with van der Waals surface area (Å²) in [7, 11) is 0. The predicted molar refractivity (Wildman–Crippen MR) is 112 cm³/mol. The van der Waals surface area contributed by atoms with E-state index in [-0.39, 0.29) is 6.03 Å². The zero-order valence-corrected chi connectivity index (χ0v) is 16.8. The molecule has 1 aromatic carbocycles. The number of benzene rings is 1. The summed E-state index contributed by atoms with van der Waals surface area (Å²) in [4.78, 5) is 24.8. The molecule has 2 amide bonds. The minimum absolute atomic E-state index is 0.274. The van der Waals surface area contributed by atoms with Crippen molar-refractivity contribution in [3.05, 3.63) is 54.4 Å². The van der Waals surface area contributed by atoms with E-state index in [4.69, 9.17) is 4.74 Å². The van der Waals surface area contributed by atoms with E-state index in [2.05, 4.69) is 30.9 Å². The number of carbonyl (C=O) groups excluding carboxylic acids is 1. The number of aryl methyl sites for hydroxylation is 1. The van der Waals surface area contributed by atoms with Crippen molar-refractivity contribution >= 4 is 17.5 Å². The first kappa shape index (κ1) is 20.1. The number of rotatable bonds is 8. The quantitative estimate of drug-likeness (QED) is 0.507. The summed E-state index contributed by atoms with van der Waals surface area (Å²) in [5.41, 5.74) is 2.69. The van der Waals surface area contributed by atoms with Crippen LogP contribution in [0.4, 0.5) is 16.3 Å². The molecule has 0 fully saturated rings. The lowest BCUT2D eigenvalue weighted by molar-refractivity contribution is 0.252. The van der Waals surface area contributed by atoms with Crippen LogP contribution < -0.4 is 20.7 Å². The molecule has 9 heteroatoms. The second kappa shape index (κ2) is 9.54. The molecule has 0 radical (unpaired) electrons. The van der Waals surface area contributed by atoms with E-state index < -0.39 is 0 Å². The van der Waals surface area contributed by atoms with Crippen LogP contribution in [0.3, 0.4) is 0 Å². The number of anilines is 2. The molecule has 0 unspecified atom stereocenters. The summed E-state index contributed by atoms with van der Waals surface area (Å²) in [6, 6.07) is 8.79. The third-order valence-corrected chi connectivity index (χ3v) is 4.29. The second-order valence-corrected chi connectivity index (χ2v) is 6.31. The van der Waals surface area contributed by atoms with Crippen LogP contribution in [0.25, 0.3) is 5.82 Å². The fourth-order valence-corrected chi connectivity index (χ4v) is 2.65. The van der Waals surface area contributed by atoms with Crippen molar-refractivity contribution in [2.45, 2.75) is 20.8 Å². The van der Waals surface area contributed by atoms with Crippen molar-refractivity contribution in [1.82, 2.24) is 24.8 Å². The lowest BCUT2D eigenvalue weighted by Gasteiger charge is -2.10. The van der Waals surface area contributed by atoms with Gasteiger partial charge in [-0.1, -0.05) is 0 Å². The molecule has 3 rings (SSSR count). The summed E-state index contributed by atoms with van der Waals surface area (Å²) >= 11 is 0. The maximum Gasteiger partial charge on any atom is 0.319 e. The van der Waals surface area contributed by atoms with Gasteiger partial charge in [0.05, 0.1) is 12.3 Å². The molecular weight excluding hydrogens is 370 g/mol. The lowest BCUT2D eigenvalue weighted by Crippen LogP contribution is -2.32. The van der Waals surface area contributed by atoms with Crippen molar-refractivity contribution in [2.24, 2.45) is 0 Å². The minimum Gasteiger partial charge on any atom is -0.494 e. The Morgan fingerprint density at radius 2 is 1.90 bits per heavy atom. The number of hydrogen-bond acceptors (Lipinski definition) is 6. The molecule has 3 N–H and O–H groups in total. The fraction of sp³-hybridized carbons (Fsp3) is 0.300. The van der Waals surface area contributed by atoms with Gasteiger partial charge in [-0.25, -0.2) is 19.7 Å². The zero-order chi connectivity index (χ0) is 20.6. The smallest absolute Gasteiger partial charge is 0.319 e. The summed E-state index contributed by atoms with van der Waals surface area (Å²) in [6.07, 6.45) is 3.24. The van der Waals surface area contributed by atoms with Gasteiger partial charge in [-0.15, -0.1) is 0 Å². The number of nitrogens with one attached hydrogen (secondary N) is 3. The Kier molecular flexibility index (Phi) is 6.62. The topological polar surface area (TPSA) is 106 Å². The monoisotopic (exact) mass is 395 g/mol. The number of nitrogens with zero attached hydrogens (tertiary/aromatic N) is 4. The Morgan fingerprint density at radius 3 is 2.59 bits per heavy atom. The number of ether oxygens (including phenoxy) is 1. The van der Waals surface area contributed by atoms with Gasteiger partial charge in [0.2, 0.25) is 0 Å². The first-order chi connectivity index (χ1) is 14.1. The van der Waals surface area contributed by atoms with Gasteiger partial charge in [-0.05, 0) is 45.0 Å². The highest BCUT2D eigenvalue weighted by atomic mass is 16.5. The number of imidazole rings is 1. The normalized spacial score (nSPS) is 10.4. The van der Waals surface area contributed by atoms with Crippen LogP contribution in [0.1, 0.15) is 18.3 Å². The van der Waals surface area contributed by atoms with Gasteiger partial charge in [0.1, 0.15) is 30.0 Å². The maximum atomic E-state index is 12.0. The Balaban J connectivity index is 1.45. The van der Waals surface area contributed by atoms with Gasteiger partial charge in [-0.2, -0.15) is 0 Å². The molecular formula is C20H25N7O2. The van der Waals surface area contributed by atoms with E-state index in [1.165, 1.54) is 6.33 Å². The summed E-state index contributed by atoms with van der Waals surface area (Å²) < 4.78 is 7.29. The van der Waals surface area contributed by atoms with E-state index in [9.17, 15) is 4.79 Å². The van der Waals surface area contributed by atoms with Gasteiger partial charge >= 0.3 is 6.03 Å². The largest absolute Gasteiger partial charge is 0.494 e. The molecule has 0 aliphatic heterocycles. The maximum absolute atomic E-state index is 12.0. The Bertz CT molecular complexity index is 954. The van der Waals surface area contributed by atoms with E-state index in [0.29, 0.717) is 31.2 Å². The SMILES string of the molecule is CCOc1ccc(NC(=O)NCCNc2cc(-n3cnc(C)c3C)ncn2)cc1. The fourth-order valence-electron chi connectivity index (χ4n) is 2.65. The molecule has 0 bridgehead atoms. The van der Waals surface area contributed by atoms with Gasteiger partial charge in [0.25, 0.3) is 0 Å². The van der Waals surface area contributed by atoms with Gasteiger partial charge < -0.3 is 20.7 Å². The van der Waals surface area contributed by atoms with Crippen molar-refractivity contribution in [1.29, 1.82) is 0 Å². The second-order valence-electron chi connectivity index (χ2n) is 6.31. The van der Waals surface area contributed by atoms with E-state index in [1.54, 1.807) is 18.5 Å². The molecule has 2 heterocycles. The Hall–Kier alpha value is -3.62.